The van der Waals surface area contributed by atoms with E-state index in [-0.39, 0.29) is 11.5 Å². The Morgan fingerprint density at radius 1 is 1.16 bits per heavy atom. The fourth-order valence-electron chi connectivity index (χ4n) is 1.99. The van der Waals surface area contributed by atoms with Gasteiger partial charge in [0.05, 0.1) is 10.3 Å². The molecule has 1 aromatic carbocycles. The Hall–Kier alpha value is -1.42. The lowest BCUT2D eigenvalue weighted by Gasteiger charge is -2.12. The van der Waals surface area contributed by atoms with Gasteiger partial charge >= 0.3 is 0 Å². The van der Waals surface area contributed by atoms with Crippen molar-refractivity contribution in [2.75, 3.05) is 0 Å². The van der Waals surface area contributed by atoms with Crippen molar-refractivity contribution >= 4 is 22.5 Å². The molecule has 102 valence electrons. The van der Waals surface area contributed by atoms with Gasteiger partial charge in [-0.2, -0.15) is 0 Å². The number of hydrogen-bond donors (Lipinski definition) is 2. The summed E-state index contributed by atoms with van der Waals surface area (Å²) in [5.41, 5.74) is 0. The van der Waals surface area contributed by atoms with Crippen molar-refractivity contribution in [3.63, 3.8) is 0 Å². The molecule has 0 amide bonds. The Balaban J connectivity index is 2.68. The lowest BCUT2D eigenvalue weighted by molar-refractivity contribution is -0.715. The Labute approximate surface area is 117 Å². The van der Waals surface area contributed by atoms with Gasteiger partial charge < -0.3 is 10.2 Å². The third-order valence-electron chi connectivity index (χ3n) is 2.96. The summed E-state index contributed by atoms with van der Waals surface area (Å²) in [5.74, 6) is -0.0781. The normalized spacial score (nSPS) is 11.7. The van der Waals surface area contributed by atoms with E-state index >= 15 is 0 Å². The van der Waals surface area contributed by atoms with Gasteiger partial charge in [0.1, 0.15) is 0 Å². The fraction of sp³-hybridized carbons (Fsp3) is 0.400. The maximum atomic E-state index is 10.0. The largest absolute Gasteiger partial charge is 0.504 e. The molecule has 2 N–H and O–H groups in total. The fourth-order valence-corrected chi connectivity index (χ4v) is 2.99. The van der Waals surface area contributed by atoms with Crippen LogP contribution in [-0.4, -0.2) is 15.5 Å². The average molecular weight is 278 g/mol. The SMILES string of the molecule is CC(C)Sc1c(O)c(O)cc2c[n+](C(C)C)ccc12. The van der Waals surface area contributed by atoms with Crippen molar-refractivity contribution in [1.29, 1.82) is 0 Å². The van der Waals surface area contributed by atoms with Crippen LogP contribution in [0.5, 0.6) is 11.5 Å². The molecule has 0 spiro atoms. The van der Waals surface area contributed by atoms with E-state index in [9.17, 15) is 10.2 Å². The number of phenols is 2. The maximum Gasteiger partial charge on any atom is 0.177 e. The molecule has 0 atom stereocenters. The third kappa shape index (κ3) is 2.78. The van der Waals surface area contributed by atoms with E-state index in [0.29, 0.717) is 11.3 Å². The van der Waals surface area contributed by atoms with Gasteiger partial charge in [-0.25, -0.2) is 4.57 Å². The number of rotatable bonds is 3. The topological polar surface area (TPSA) is 44.3 Å². The van der Waals surface area contributed by atoms with Crippen LogP contribution in [0.3, 0.4) is 0 Å². The van der Waals surface area contributed by atoms with Gasteiger partial charge in [0.15, 0.2) is 29.9 Å². The van der Waals surface area contributed by atoms with Crippen LogP contribution in [0.15, 0.2) is 29.4 Å². The van der Waals surface area contributed by atoms with E-state index < -0.39 is 0 Å². The first-order valence-electron chi connectivity index (χ1n) is 6.46. The van der Waals surface area contributed by atoms with Gasteiger partial charge in [0, 0.05) is 16.7 Å². The van der Waals surface area contributed by atoms with Gasteiger partial charge in [-0.1, -0.05) is 13.8 Å². The molecule has 0 bridgehead atoms. The molecule has 19 heavy (non-hydrogen) atoms. The number of fused-ring (bicyclic) bond motifs is 1. The predicted octanol–water partition coefficient (Wildman–Crippen LogP) is 3.62. The molecular weight excluding hydrogens is 258 g/mol. The zero-order valence-electron chi connectivity index (χ0n) is 11.7. The second-order valence-electron chi connectivity index (χ2n) is 5.23. The van der Waals surface area contributed by atoms with E-state index in [1.54, 1.807) is 17.8 Å². The number of hydrogen-bond acceptors (Lipinski definition) is 3. The number of aromatic nitrogens is 1. The van der Waals surface area contributed by atoms with Crippen LogP contribution in [0.4, 0.5) is 0 Å². The standard InChI is InChI=1S/C15H19NO2S/c1-9(2)16-6-5-12-11(8-16)7-13(17)14(18)15(12)19-10(3)4/h5-10,17H,1-4H3/p+1. The van der Waals surface area contributed by atoms with Crippen molar-refractivity contribution in [1.82, 2.24) is 0 Å². The lowest BCUT2D eigenvalue weighted by atomic mass is 10.1. The molecule has 0 aliphatic heterocycles. The Kier molecular flexibility index (Phi) is 3.90. The van der Waals surface area contributed by atoms with E-state index in [4.69, 9.17) is 0 Å². The maximum absolute atomic E-state index is 10.0. The van der Waals surface area contributed by atoms with Gasteiger partial charge in [0.2, 0.25) is 0 Å². The van der Waals surface area contributed by atoms with Crippen molar-refractivity contribution in [2.45, 2.75) is 43.9 Å². The summed E-state index contributed by atoms with van der Waals surface area (Å²) < 4.78 is 2.09. The zero-order valence-corrected chi connectivity index (χ0v) is 12.5. The molecule has 0 saturated heterocycles. The smallest absolute Gasteiger partial charge is 0.177 e. The molecule has 0 fully saturated rings. The number of thioether (sulfide) groups is 1. The number of pyridine rings is 1. The van der Waals surface area contributed by atoms with Gasteiger partial charge in [-0.3, -0.25) is 0 Å². The molecular formula is C15H20NO2S+. The number of nitrogens with zero attached hydrogens (tertiary/aromatic N) is 1. The summed E-state index contributed by atoms with van der Waals surface area (Å²) in [6.07, 6.45) is 4.01. The molecule has 1 aromatic heterocycles. The van der Waals surface area contributed by atoms with Crippen molar-refractivity contribution in [3.8, 4) is 11.5 Å². The summed E-state index contributed by atoms with van der Waals surface area (Å²) in [4.78, 5) is 0.751. The molecule has 1 heterocycles. The first-order valence-corrected chi connectivity index (χ1v) is 7.34. The van der Waals surface area contributed by atoms with Gasteiger partial charge in [-0.05, 0) is 19.9 Å². The van der Waals surface area contributed by atoms with Crippen LogP contribution < -0.4 is 4.57 Å². The molecule has 0 saturated carbocycles. The summed E-state index contributed by atoms with van der Waals surface area (Å²) in [5, 5.41) is 22.2. The second kappa shape index (κ2) is 5.29. The quantitative estimate of drug-likeness (QED) is 0.512. The minimum atomic E-state index is -0.0582. The van der Waals surface area contributed by atoms with E-state index in [1.165, 1.54) is 0 Å². The minimum Gasteiger partial charge on any atom is -0.504 e. The first kappa shape index (κ1) is 14.0. The summed E-state index contributed by atoms with van der Waals surface area (Å²) in [6.45, 7) is 8.35. The summed E-state index contributed by atoms with van der Waals surface area (Å²) >= 11 is 1.56. The molecule has 0 aliphatic rings. The Bertz CT molecular complexity index is 609. The van der Waals surface area contributed by atoms with Crippen molar-refractivity contribution < 1.29 is 14.8 Å². The summed E-state index contributed by atoms with van der Waals surface area (Å²) in [7, 11) is 0. The van der Waals surface area contributed by atoms with Gasteiger partial charge in [0.25, 0.3) is 0 Å². The van der Waals surface area contributed by atoms with Gasteiger partial charge in [-0.15, -0.1) is 11.8 Å². The van der Waals surface area contributed by atoms with Crippen LogP contribution in [0.25, 0.3) is 10.8 Å². The Morgan fingerprint density at radius 2 is 1.84 bits per heavy atom. The van der Waals surface area contributed by atoms with E-state index in [1.807, 2.05) is 18.5 Å². The van der Waals surface area contributed by atoms with Crippen LogP contribution in [0.1, 0.15) is 33.7 Å². The monoisotopic (exact) mass is 278 g/mol. The minimum absolute atomic E-state index is 0.0199. The highest BCUT2D eigenvalue weighted by atomic mass is 32.2. The highest BCUT2D eigenvalue weighted by Gasteiger charge is 2.17. The third-order valence-corrected chi connectivity index (χ3v) is 4.08. The lowest BCUT2D eigenvalue weighted by Crippen LogP contribution is -2.34. The number of aromatic hydroxyl groups is 2. The van der Waals surface area contributed by atoms with Crippen LogP contribution in [0, 0.1) is 0 Å². The van der Waals surface area contributed by atoms with Crippen molar-refractivity contribution in [3.05, 3.63) is 24.5 Å². The zero-order chi connectivity index (χ0) is 14.2. The predicted molar refractivity (Wildman–Crippen MR) is 78.9 cm³/mol. The Morgan fingerprint density at radius 3 is 2.42 bits per heavy atom. The average Bonchev–Trinajstić information content (AvgIpc) is 2.33. The molecule has 2 aromatic rings. The first-order chi connectivity index (χ1) is 8.90. The van der Waals surface area contributed by atoms with Crippen LogP contribution in [-0.2, 0) is 0 Å². The highest BCUT2D eigenvalue weighted by molar-refractivity contribution is 8.00. The van der Waals surface area contributed by atoms with E-state index in [0.717, 1.165) is 15.7 Å². The molecule has 4 heteroatoms. The molecule has 0 unspecified atom stereocenters. The van der Waals surface area contributed by atoms with Crippen LogP contribution >= 0.6 is 11.8 Å². The molecule has 2 rings (SSSR count). The second-order valence-corrected chi connectivity index (χ2v) is 6.82. The van der Waals surface area contributed by atoms with Crippen LogP contribution in [0.2, 0.25) is 0 Å². The van der Waals surface area contributed by atoms with E-state index in [2.05, 4.69) is 32.3 Å². The molecule has 3 nitrogen and oxygen atoms in total. The summed E-state index contributed by atoms with van der Waals surface area (Å²) in [6, 6.07) is 3.98. The molecule has 0 aliphatic carbocycles. The number of benzene rings is 1. The number of phenolic OH excluding ortho intramolecular Hbond substituents is 2. The highest BCUT2D eigenvalue weighted by Crippen LogP contribution is 2.43. The molecule has 0 radical (unpaired) electrons. The van der Waals surface area contributed by atoms with Crippen molar-refractivity contribution in [2.24, 2.45) is 0 Å².